The highest BCUT2D eigenvalue weighted by Gasteiger charge is 2.38. The lowest BCUT2D eigenvalue weighted by atomic mass is 9.97. The van der Waals surface area contributed by atoms with E-state index in [1.165, 1.54) is 41.0 Å². The minimum Gasteiger partial charge on any atom is -0.492 e. The first-order valence-electron chi connectivity index (χ1n) is 27.9. The van der Waals surface area contributed by atoms with Crippen molar-refractivity contribution in [1.29, 1.82) is 0 Å². The maximum Gasteiger partial charge on any atom is 0.415 e. The third-order valence-electron chi connectivity index (χ3n) is 15.3. The van der Waals surface area contributed by atoms with Gasteiger partial charge in [-0.2, -0.15) is 0 Å². The number of urea groups is 1. The number of ether oxygens (including phenoxy) is 3. The van der Waals surface area contributed by atoms with Crippen LogP contribution in [0.25, 0.3) is 31.9 Å². The number of hydrogen-bond donors (Lipinski definition) is 7. The molecule has 2 aliphatic heterocycles. The molecule has 0 unspecified atom stereocenters. The van der Waals surface area contributed by atoms with Crippen molar-refractivity contribution in [2.45, 2.75) is 71.1 Å². The van der Waals surface area contributed by atoms with Gasteiger partial charge in [-0.15, -0.1) is 22.9 Å². The van der Waals surface area contributed by atoms with Crippen molar-refractivity contribution >= 4 is 114 Å². The van der Waals surface area contributed by atoms with Crippen LogP contribution in [0.1, 0.15) is 83.1 Å². The van der Waals surface area contributed by atoms with E-state index in [9.17, 15) is 38.7 Å². The minimum atomic E-state index is -1.30. The Morgan fingerprint density at radius 1 is 0.881 bits per heavy atom. The fraction of sp³-hybridized carbons (Fsp3) is 0.383. The summed E-state index contributed by atoms with van der Waals surface area (Å²) in [7, 11) is 3.06. The van der Waals surface area contributed by atoms with Crippen LogP contribution in [0.4, 0.5) is 31.4 Å². The molecule has 0 bridgehead atoms. The number of carboxylic acids is 1. The van der Waals surface area contributed by atoms with E-state index < -0.39 is 42.2 Å². The second kappa shape index (κ2) is 26.5. The molecule has 1 fully saturated rings. The molecule has 0 radical (unpaired) electrons. The molecule has 0 spiro atoms. The summed E-state index contributed by atoms with van der Waals surface area (Å²) in [6.45, 7) is 9.51. The maximum atomic E-state index is 14.6. The normalized spacial score (nSPS) is 14.8. The summed E-state index contributed by atoms with van der Waals surface area (Å²) in [6.07, 6.45) is 1.29. The van der Waals surface area contributed by atoms with Crippen LogP contribution in [-0.2, 0) is 20.9 Å². The molecule has 3 atom stereocenters. The van der Waals surface area contributed by atoms with E-state index in [-0.39, 0.29) is 86.6 Å². The van der Waals surface area contributed by atoms with Gasteiger partial charge in [0.2, 0.25) is 5.91 Å². The summed E-state index contributed by atoms with van der Waals surface area (Å²) in [6, 6.07) is 19.6. The number of H-pyrrole nitrogens is 2. The number of alkyl halides is 1. The van der Waals surface area contributed by atoms with Crippen molar-refractivity contribution in [3.8, 4) is 11.5 Å². The van der Waals surface area contributed by atoms with Gasteiger partial charge in [-0.1, -0.05) is 26.0 Å². The predicted octanol–water partition coefficient (Wildman–Crippen LogP) is 8.80. The molecule has 4 aromatic carbocycles. The number of carbonyl (C=O) groups is 7. The van der Waals surface area contributed by atoms with Crippen molar-refractivity contribution in [2.75, 3.05) is 87.5 Å². The number of aliphatic carboxylic acids is 1. The van der Waals surface area contributed by atoms with Crippen LogP contribution in [0.5, 0.6) is 11.5 Å². The average Bonchev–Trinajstić information content (AvgIpc) is 1.77. The Bertz CT molecular complexity index is 3600. The molecule has 5 heterocycles. The van der Waals surface area contributed by atoms with Crippen LogP contribution in [-0.4, -0.2) is 156 Å². The molecule has 1 saturated heterocycles. The molecular formula is C60H70ClN11O11S. The number of nitrogens with two attached hydrogens (primary N) is 2. The molecule has 84 heavy (non-hydrogen) atoms. The van der Waals surface area contributed by atoms with E-state index in [1.807, 2.05) is 30.5 Å². The van der Waals surface area contributed by atoms with Gasteiger partial charge in [-0.25, -0.2) is 19.2 Å². The third kappa shape index (κ3) is 13.7. The Kier molecular flexibility index (Phi) is 19.0. The van der Waals surface area contributed by atoms with Crippen molar-refractivity contribution < 1.29 is 52.9 Å². The molecule has 0 aliphatic carbocycles. The lowest BCUT2D eigenvalue weighted by molar-refractivity contribution is -0.140. The number of carbonyl (C=O) groups excluding carboxylic acids is 6. The molecule has 444 valence electrons. The van der Waals surface area contributed by atoms with Crippen LogP contribution in [0.3, 0.4) is 0 Å². The zero-order valence-electron chi connectivity index (χ0n) is 47.5. The van der Waals surface area contributed by atoms with Crippen molar-refractivity contribution in [3.63, 3.8) is 0 Å². The summed E-state index contributed by atoms with van der Waals surface area (Å²) < 4.78 is 18.4. The van der Waals surface area contributed by atoms with Gasteiger partial charge in [0.1, 0.15) is 36.4 Å². The Hall–Kier alpha value is -8.38. The van der Waals surface area contributed by atoms with Gasteiger partial charge in [0.05, 0.1) is 16.4 Å². The Balaban J connectivity index is 0.815. The van der Waals surface area contributed by atoms with Gasteiger partial charge >= 0.3 is 24.2 Å². The fourth-order valence-corrected chi connectivity index (χ4v) is 11.8. The topological polar surface area (TPSA) is 291 Å². The van der Waals surface area contributed by atoms with E-state index in [1.54, 1.807) is 86.5 Å². The maximum absolute atomic E-state index is 14.6. The smallest absolute Gasteiger partial charge is 0.415 e. The average molecular weight is 1190 g/mol. The van der Waals surface area contributed by atoms with Crippen molar-refractivity contribution in [3.05, 3.63) is 112 Å². The van der Waals surface area contributed by atoms with Crippen molar-refractivity contribution in [1.82, 2.24) is 30.0 Å². The van der Waals surface area contributed by atoms with Gasteiger partial charge in [0, 0.05) is 103 Å². The van der Waals surface area contributed by atoms with E-state index in [2.05, 4.69) is 25.5 Å². The number of nitrogens with zero attached hydrogens (tertiary/aromatic N) is 5. The number of aromatic nitrogens is 2. The van der Waals surface area contributed by atoms with Gasteiger partial charge < -0.3 is 66.1 Å². The number of likely N-dealkylation sites (tertiary alicyclic amines) is 1. The first-order chi connectivity index (χ1) is 40.3. The Morgan fingerprint density at radius 2 is 1.56 bits per heavy atom. The van der Waals surface area contributed by atoms with Crippen LogP contribution in [0.15, 0.2) is 84.2 Å². The highest BCUT2D eigenvalue weighted by atomic mass is 35.5. The number of likely N-dealkylation sites (N-methyl/N-ethyl adjacent to an activating group) is 2. The number of aromatic amines is 2. The van der Waals surface area contributed by atoms with Gasteiger partial charge in [-0.3, -0.25) is 24.2 Å². The van der Waals surface area contributed by atoms with E-state index >= 15 is 0 Å². The predicted molar refractivity (Wildman–Crippen MR) is 324 cm³/mol. The lowest BCUT2D eigenvalue weighted by Crippen LogP contribution is -2.53. The number of aryl methyl sites for hydroxylation is 1. The van der Waals surface area contributed by atoms with Crippen LogP contribution < -0.4 is 41.4 Å². The van der Waals surface area contributed by atoms with E-state index in [0.29, 0.717) is 45.8 Å². The monoisotopic (exact) mass is 1190 g/mol. The highest BCUT2D eigenvalue weighted by Crippen LogP contribution is 2.49. The summed E-state index contributed by atoms with van der Waals surface area (Å²) in [5.74, 6) is -1.78. The lowest BCUT2D eigenvalue weighted by Gasteiger charge is -2.32. The summed E-state index contributed by atoms with van der Waals surface area (Å²) in [5.41, 5.74) is 17.3. The summed E-state index contributed by atoms with van der Waals surface area (Å²) in [5, 5.41) is 20.0. The summed E-state index contributed by atoms with van der Waals surface area (Å²) in [4.78, 5) is 107. The second-order valence-electron chi connectivity index (χ2n) is 21.7. The van der Waals surface area contributed by atoms with Crippen molar-refractivity contribution in [2.24, 2.45) is 17.4 Å². The SMILES string of the molecule is Cc1csc2c(OC(=O)N(C)CCN(C)C(=O)OCc3ccc(N(C(=O)[C@@H](N)C(C)C)[C@@H](CCCNC(N)=O)C(=O)O)cc3)cc3c(c12)[C@H](CCl)CN3C(=O)c1cc2cc(NC(=O)c3cc4cc(OCCN5CCCC5)ccc4[nH]3)ccc2[nH]1. The number of thiophene rings is 1. The molecule has 9 rings (SSSR count). The molecular weight excluding hydrogens is 1120 g/mol. The molecule has 9 N–H and O–H groups in total. The molecule has 3 aromatic heterocycles. The number of halogens is 1. The molecule has 0 saturated carbocycles. The fourth-order valence-electron chi connectivity index (χ4n) is 10.5. The Labute approximate surface area is 494 Å². The number of fused-ring (bicyclic) bond motifs is 5. The van der Waals surface area contributed by atoms with Gasteiger partial charge in [-0.05, 0) is 134 Å². The zero-order valence-corrected chi connectivity index (χ0v) is 49.1. The van der Waals surface area contributed by atoms with E-state index in [4.69, 9.17) is 37.3 Å². The van der Waals surface area contributed by atoms with Gasteiger partial charge in [0.15, 0.2) is 5.75 Å². The molecule has 24 heteroatoms. The van der Waals surface area contributed by atoms with Crippen LogP contribution in [0, 0.1) is 12.8 Å². The molecule has 22 nitrogen and oxygen atoms in total. The minimum absolute atomic E-state index is 0.000795. The number of nitrogens with one attached hydrogen (secondary N) is 4. The highest BCUT2D eigenvalue weighted by molar-refractivity contribution is 7.17. The third-order valence-corrected chi connectivity index (χ3v) is 16.8. The van der Waals surface area contributed by atoms with Crippen LogP contribution in [0.2, 0.25) is 0 Å². The largest absolute Gasteiger partial charge is 0.492 e. The number of carboxylic acid groups (broad SMARTS) is 1. The molecule has 7 aromatic rings. The second-order valence-corrected chi connectivity index (χ2v) is 22.9. The quantitative estimate of drug-likeness (QED) is 0.0233. The molecule has 2 aliphatic rings. The number of primary amides is 1. The number of anilines is 3. The standard InChI is InChI=1S/C60H70ClN11O11S/c1-34(2)52(62)56(75)72(47(57(76)77)9-8-18-64-58(63)78)41-13-10-36(11-14-41)32-82-59(79)68(4)21-22-69(5)60(80)83-49-29-48-51(50-35(3)33-84-53(49)50)39(30-61)31-71(48)55(74)46-28-37-25-40(12-16-43(37)67-46)65-54(73)45-27-38-26-42(15-17-44(38)66-45)81-24-23-70-19-6-7-20-70/h10-17,25-29,33-34,39,47,52,66-67H,6-9,18-24,30-32,62H2,1-5H3,(H,65,73)(H,76,77)(H3,63,64,78)/t39-,47+,52+/m1/s1. The number of hydrogen-bond acceptors (Lipinski definition) is 13. The number of rotatable bonds is 23. The van der Waals surface area contributed by atoms with Gasteiger partial charge in [0.25, 0.3) is 11.8 Å². The first-order valence-corrected chi connectivity index (χ1v) is 29.3. The van der Waals surface area contributed by atoms with E-state index in [0.717, 1.165) is 62.4 Å². The summed E-state index contributed by atoms with van der Waals surface area (Å²) >= 11 is 8.04. The van der Waals surface area contributed by atoms with Crippen LogP contribution >= 0.6 is 22.9 Å². The zero-order chi connectivity index (χ0) is 59.9. The number of benzene rings is 4. The Morgan fingerprint density at radius 3 is 2.25 bits per heavy atom. The molecule has 7 amide bonds. The first kappa shape index (κ1) is 60.2. The number of amides is 7.